The number of ether oxygens (including phenoxy) is 1. The van der Waals surface area contributed by atoms with Crippen LogP contribution in [0.25, 0.3) is 5.69 Å². The molecule has 7 heteroatoms. The van der Waals surface area contributed by atoms with E-state index in [4.69, 9.17) is 4.74 Å². The summed E-state index contributed by atoms with van der Waals surface area (Å²) in [4.78, 5) is 21.2. The van der Waals surface area contributed by atoms with Crippen LogP contribution in [-0.2, 0) is 0 Å². The molecule has 0 saturated heterocycles. The highest BCUT2D eigenvalue weighted by Gasteiger charge is 2.33. The summed E-state index contributed by atoms with van der Waals surface area (Å²) in [5.41, 5.74) is 4.33. The summed E-state index contributed by atoms with van der Waals surface area (Å²) < 4.78 is 7.62. The largest absolute Gasteiger partial charge is 0.437 e. The molecule has 0 spiro atoms. The molecule has 31 heavy (non-hydrogen) atoms. The van der Waals surface area contributed by atoms with Crippen LogP contribution >= 0.6 is 0 Å². The standard InChI is InChI=1S/C24H21N5O2/c1-16-5-2-3-8-21(16)29-23(17-9-10-17)20(14-27-29)24(30)28-18-6-4-7-19(13-18)31-22-15-25-11-12-26-22/h2-8,11-15,17H,9-10H2,1H3,(H,28,30). The zero-order chi connectivity index (χ0) is 21.2. The predicted octanol–water partition coefficient (Wildman–Crippen LogP) is 4.89. The lowest BCUT2D eigenvalue weighted by atomic mass is 10.1. The molecule has 0 unspecified atom stereocenters. The molecular formula is C24H21N5O2. The molecule has 0 bridgehead atoms. The first-order valence-corrected chi connectivity index (χ1v) is 10.2. The normalized spacial score (nSPS) is 13.1. The molecule has 2 heterocycles. The molecule has 1 fully saturated rings. The SMILES string of the molecule is Cc1ccccc1-n1ncc(C(=O)Nc2cccc(Oc3cnccn3)c2)c1C1CC1. The van der Waals surface area contributed by atoms with Gasteiger partial charge in [-0.25, -0.2) is 9.67 Å². The molecule has 0 radical (unpaired) electrons. The molecule has 2 aromatic heterocycles. The minimum absolute atomic E-state index is 0.182. The number of carbonyl (C=O) groups excluding carboxylic acids is 1. The lowest BCUT2D eigenvalue weighted by Crippen LogP contribution is -2.14. The van der Waals surface area contributed by atoms with Crippen molar-refractivity contribution in [1.82, 2.24) is 19.7 Å². The van der Waals surface area contributed by atoms with Gasteiger partial charge in [0.05, 0.1) is 29.3 Å². The van der Waals surface area contributed by atoms with Gasteiger partial charge < -0.3 is 10.1 Å². The second kappa shape index (κ2) is 8.02. The van der Waals surface area contributed by atoms with E-state index in [0.717, 1.165) is 29.8 Å². The Morgan fingerprint density at radius 3 is 2.74 bits per heavy atom. The van der Waals surface area contributed by atoms with Gasteiger partial charge in [0.25, 0.3) is 5.91 Å². The molecule has 1 saturated carbocycles. The summed E-state index contributed by atoms with van der Waals surface area (Å²) in [6.45, 7) is 2.05. The maximum absolute atomic E-state index is 13.1. The number of carbonyl (C=O) groups is 1. The number of amides is 1. The second-order valence-corrected chi connectivity index (χ2v) is 7.54. The highest BCUT2D eigenvalue weighted by molar-refractivity contribution is 6.05. The van der Waals surface area contributed by atoms with Crippen molar-refractivity contribution in [3.63, 3.8) is 0 Å². The van der Waals surface area contributed by atoms with Gasteiger partial charge in [-0.2, -0.15) is 5.10 Å². The first-order chi connectivity index (χ1) is 15.2. The van der Waals surface area contributed by atoms with Gasteiger partial charge in [-0.05, 0) is 43.5 Å². The third-order valence-corrected chi connectivity index (χ3v) is 5.21. The Balaban J connectivity index is 1.40. The lowest BCUT2D eigenvalue weighted by Gasteiger charge is -2.12. The molecular weight excluding hydrogens is 390 g/mol. The van der Waals surface area contributed by atoms with Crippen molar-refractivity contribution in [1.29, 1.82) is 0 Å². The third-order valence-electron chi connectivity index (χ3n) is 5.21. The van der Waals surface area contributed by atoms with Gasteiger partial charge in [0.15, 0.2) is 0 Å². The summed E-state index contributed by atoms with van der Waals surface area (Å²) >= 11 is 0. The van der Waals surface area contributed by atoms with Crippen molar-refractivity contribution in [3.8, 4) is 17.3 Å². The zero-order valence-corrected chi connectivity index (χ0v) is 17.0. The Morgan fingerprint density at radius 1 is 1.10 bits per heavy atom. The average Bonchev–Trinajstić information content (AvgIpc) is 3.53. The van der Waals surface area contributed by atoms with E-state index in [1.807, 2.05) is 35.0 Å². The fourth-order valence-electron chi connectivity index (χ4n) is 3.57. The van der Waals surface area contributed by atoms with Crippen LogP contribution in [-0.4, -0.2) is 25.7 Å². The highest BCUT2D eigenvalue weighted by atomic mass is 16.5. The van der Waals surface area contributed by atoms with Crippen LogP contribution in [0.2, 0.25) is 0 Å². The van der Waals surface area contributed by atoms with Crippen LogP contribution in [0.1, 0.15) is 40.4 Å². The summed E-state index contributed by atoms with van der Waals surface area (Å²) in [6, 6.07) is 15.3. The summed E-state index contributed by atoms with van der Waals surface area (Å²) in [5, 5.41) is 7.54. The molecule has 1 aliphatic carbocycles. The molecule has 0 atom stereocenters. The first-order valence-electron chi connectivity index (χ1n) is 10.2. The summed E-state index contributed by atoms with van der Waals surface area (Å²) in [7, 11) is 0. The quantitative estimate of drug-likeness (QED) is 0.488. The number of hydrogen-bond donors (Lipinski definition) is 1. The molecule has 7 nitrogen and oxygen atoms in total. The molecule has 1 amide bonds. The van der Waals surface area contributed by atoms with E-state index in [2.05, 4.69) is 33.4 Å². The maximum atomic E-state index is 13.1. The van der Waals surface area contributed by atoms with E-state index in [9.17, 15) is 4.79 Å². The van der Waals surface area contributed by atoms with Crippen LogP contribution < -0.4 is 10.1 Å². The Kier molecular flexibility index (Phi) is 4.92. The van der Waals surface area contributed by atoms with Crippen molar-refractivity contribution in [2.75, 3.05) is 5.32 Å². The van der Waals surface area contributed by atoms with Crippen molar-refractivity contribution in [2.24, 2.45) is 0 Å². The van der Waals surface area contributed by atoms with E-state index in [-0.39, 0.29) is 5.91 Å². The monoisotopic (exact) mass is 411 g/mol. The molecule has 2 aromatic carbocycles. The van der Waals surface area contributed by atoms with E-state index in [0.29, 0.717) is 28.8 Å². The molecule has 0 aliphatic heterocycles. The fourth-order valence-corrected chi connectivity index (χ4v) is 3.57. The zero-order valence-electron chi connectivity index (χ0n) is 17.0. The summed E-state index contributed by atoms with van der Waals surface area (Å²) in [6.07, 6.45) is 8.48. The number of hydrogen-bond acceptors (Lipinski definition) is 5. The van der Waals surface area contributed by atoms with Crippen molar-refractivity contribution in [3.05, 3.63) is 90.1 Å². The van der Waals surface area contributed by atoms with Crippen LogP contribution in [0.15, 0.2) is 73.3 Å². The first kappa shape index (κ1) is 19.0. The van der Waals surface area contributed by atoms with Crippen LogP contribution in [0.4, 0.5) is 5.69 Å². The van der Waals surface area contributed by atoms with Crippen molar-refractivity contribution >= 4 is 11.6 Å². The summed E-state index contributed by atoms with van der Waals surface area (Å²) in [5.74, 6) is 1.13. The topological polar surface area (TPSA) is 81.9 Å². The number of aryl methyl sites for hydroxylation is 1. The van der Waals surface area contributed by atoms with Gasteiger partial charge in [0, 0.05) is 30.1 Å². The number of nitrogens with one attached hydrogen (secondary N) is 1. The van der Waals surface area contributed by atoms with Crippen LogP contribution in [0, 0.1) is 6.92 Å². The van der Waals surface area contributed by atoms with Crippen molar-refractivity contribution in [2.45, 2.75) is 25.7 Å². The van der Waals surface area contributed by atoms with Gasteiger partial charge in [0.2, 0.25) is 5.88 Å². The van der Waals surface area contributed by atoms with Gasteiger partial charge in [0.1, 0.15) is 5.75 Å². The molecule has 4 aromatic rings. The second-order valence-electron chi connectivity index (χ2n) is 7.54. The van der Waals surface area contributed by atoms with Gasteiger partial charge in [-0.1, -0.05) is 24.3 Å². The van der Waals surface area contributed by atoms with E-state index < -0.39 is 0 Å². The average molecular weight is 411 g/mol. The molecule has 5 rings (SSSR count). The highest BCUT2D eigenvalue weighted by Crippen LogP contribution is 2.43. The van der Waals surface area contributed by atoms with E-state index in [1.54, 1.807) is 30.7 Å². The molecule has 1 N–H and O–H groups in total. The smallest absolute Gasteiger partial charge is 0.259 e. The number of anilines is 1. The van der Waals surface area contributed by atoms with Crippen molar-refractivity contribution < 1.29 is 9.53 Å². The number of aromatic nitrogens is 4. The fraction of sp³-hybridized carbons (Fsp3) is 0.167. The molecule has 1 aliphatic rings. The van der Waals surface area contributed by atoms with E-state index >= 15 is 0 Å². The maximum Gasteiger partial charge on any atom is 0.259 e. The Bertz CT molecular complexity index is 1230. The number of rotatable bonds is 6. The van der Waals surface area contributed by atoms with Gasteiger partial charge in [-0.3, -0.25) is 9.78 Å². The van der Waals surface area contributed by atoms with Gasteiger partial charge in [-0.15, -0.1) is 0 Å². The lowest BCUT2D eigenvalue weighted by molar-refractivity contribution is 0.102. The van der Waals surface area contributed by atoms with Crippen LogP contribution in [0.3, 0.4) is 0 Å². The number of para-hydroxylation sites is 1. The Labute approximate surface area is 179 Å². The van der Waals surface area contributed by atoms with E-state index in [1.165, 1.54) is 6.20 Å². The predicted molar refractivity (Wildman–Crippen MR) is 117 cm³/mol. The Hall–Kier alpha value is -4.00. The van der Waals surface area contributed by atoms with Gasteiger partial charge >= 0.3 is 0 Å². The Morgan fingerprint density at radius 2 is 1.97 bits per heavy atom. The third kappa shape index (κ3) is 4.02. The number of benzene rings is 2. The molecule has 154 valence electrons. The minimum Gasteiger partial charge on any atom is -0.437 e. The number of nitrogens with zero attached hydrogens (tertiary/aromatic N) is 4. The van der Waals surface area contributed by atoms with Crippen LogP contribution in [0.5, 0.6) is 11.6 Å². The minimum atomic E-state index is -0.182.